The van der Waals surface area contributed by atoms with Crippen LogP contribution in [0.1, 0.15) is 29.6 Å². The number of nitrogens with zero attached hydrogens (tertiary/aromatic N) is 3. The molecule has 0 saturated carbocycles. The predicted octanol–water partition coefficient (Wildman–Crippen LogP) is 2.41. The molecule has 0 bridgehead atoms. The molecule has 2 aromatic rings. The Morgan fingerprint density at radius 1 is 1.13 bits per heavy atom. The van der Waals surface area contributed by atoms with Crippen LogP contribution in [0.4, 0.5) is 4.39 Å². The number of hydrogen-bond acceptors (Lipinski definition) is 4. The highest BCUT2D eigenvalue weighted by Crippen LogP contribution is 2.29. The van der Waals surface area contributed by atoms with Crippen molar-refractivity contribution in [2.24, 2.45) is 0 Å². The molecule has 1 atom stereocenters. The fourth-order valence-electron chi connectivity index (χ4n) is 2.85. The highest BCUT2D eigenvalue weighted by molar-refractivity contribution is 7.89. The van der Waals surface area contributed by atoms with E-state index in [4.69, 9.17) is 0 Å². The normalized spacial score (nSPS) is 19.2. The molecule has 0 radical (unpaired) electrons. The first kappa shape index (κ1) is 16.0. The van der Waals surface area contributed by atoms with E-state index < -0.39 is 15.8 Å². The summed E-state index contributed by atoms with van der Waals surface area (Å²) in [5.74, 6) is 0.231. The van der Waals surface area contributed by atoms with Gasteiger partial charge >= 0.3 is 0 Å². The van der Waals surface area contributed by atoms with Crippen molar-refractivity contribution in [3.8, 4) is 0 Å². The SMILES string of the molecule is Cc1cc(C)nc([C@@H]2CCN(S(=O)(=O)c3ccc(F)cc3)C2)n1. The maximum absolute atomic E-state index is 13.0. The molecular formula is C16H18FN3O2S. The minimum Gasteiger partial charge on any atom is -0.238 e. The zero-order valence-electron chi connectivity index (χ0n) is 13.0. The van der Waals surface area contributed by atoms with Gasteiger partial charge in [-0.1, -0.05) is 0 Å². The van der Waals surface area contributed by atoms with Gasteiger partial charge in [-0.15, -0.1) is 0 Å². The van der Waals surface area contributed by atoms with E-state index in [0.717, 1.165) is 23.5 Å². The lowest BCUT2D eigenvalue weighted by Gasteiger charge is -2.16. The lowest BCUT2D eigenvalue weighted by atomic mass is 10.1. The van der Waals surface area contributed by atoms with Gasteiger partial charge in [0.25, 0.3) is 0 Å². The van der Waals surface area contributed by atoms with Crippen molar-refractivity contribution in [1.29, 1.82) is 0 Å². The first-order valence-corrected chi connectivity index (χ1v) is 8.88. The second kappa shape index (κ2) is 5.98. The third-order valence-corrected chi connectivity index (χ3v) is 5.85. The summed E-state index contributed by atoms with van der Waals surface area (Å²) in [7, 11) is -3.61. The molecule has 0 amide bonds. The van der Waals surface area contributed by atoms with Crippen LogP contribution in [-0.2, 0) is 10.0 Å². The Kier molecular flexibility index (Phi) is 4.16. The van der Waals surface area contributed by atoms with Crippen LogP contribution < -0.4 is 0 Å². The monoisotopic (exact) mass is 335 g/mol. The van der Waals surface area contributed by atoms with Crippen molar-refractivity contribution in [3.05, 3.63) is 53.4 Å². The molecule has 0 unspecified atom stereocenters. The Bertz CT molecular complexity index is 801. The molecule has 1 aromatic carbocycles. The van der Waals surface area contributed by atoms with Crippen molar-refractivity contribution in [1.82, 2.24) is 14.3 Å². The van der Waals surface area contributed by atoms with Gasteiger partial charge in [-0.3, -0.25) is 0 Å². The van der Waals surface area contributed by atoms with Crippen LogP contribution in [0.25, 0.3) is 0 Å². The van der Waals surface area contributed by atoms with Crippen molar-refractivity contribution in [2.45, 2.75) is 31.1 Å². The third kappa shape index (κ3) is 3.25. The van der Waals surface area contributed by atoms with E-state index in [2.05, 4.69) is 9.97 Å². The summed E-state index contributed by atoms with van der Waals surface area (Å²) < 4.78 is 39.6. The molecule has 0 aliphatic carbocycles. The lowest BCUT2D eigenvalue weighted by molar-refractivity contribution is 0.470. The number of sulfonamides is 1. The van der Waals surface area contributed by atoms with Gasteiger partial charge in [0.2, 0.25) is 10.0 Å². The highest BCUT2D eigenvalue weighted by Gasteiger charge is 2.34. The second-order valence-corrected chi connectivity index (χ2v) is 7.75. The average molecular weight is 335 g/mol. The predicted molar refractivity (Wildman–Crippen MR) is 84.0 cm³/mol. The Hall–Kier alpha value is -1.86. The summed E-state index contributed by atoms with van der Waals surface area (Å²) in [6.07, 6.45) is 0.684. The average Bonchev–Trinajstić information content (AvgIpc) is 2.97. The molecule has 122 valence electrons. The zero-order chi connectivity index (χ0) is 16.6. The fraction of sp³-hybridized carbons (Fsp3) is 0.375. The third-order valence-electron chi connectivity index (χ3n) is 3.97. The molecule has 0 N–H and O–H groups in total. The summed E-state index contributed by atoms with van der Waals surface area (Å²) in [4.78, 5) is 8.98. The molecule has 0 spiro atoms. The van der Waals surface area contributed by atoms with Crippen LogP contribution in [-0.4, -0.2) is 35.8 Å². The van der Waals surface area contributed by atoms with E-state index >= 15 is 0 Å². The Morgan fingerprint density at radius 3 is 2.35 bits per heavy atom. The summed E-state index contributed by atoms with van der Waals surface area (Å²) in [5, 5.41) is 0. The quantitative estimate of drug-likeness (QED) is 0.864. The van der Waals surface area contributed by atoms with Crippen LogP contribution in [0.5, 0.6) is 0 Å². The summed E-state index contributed by atoms with van der Waals surface area (Å²) in [6, 6.07) is 6.81. The summed E-state index contributed by atoms with van der Waals surface area (Å²) in [5.41, 5.74) is 1.76. The van der Waals surface area contributed by atoms with Gasteiger partial charge in [0, 0.05) is 30.4 Å². The van der Waals surface area contributed by atoms with E-state index in [1.54, 1.807) is 0 Å². The molecular weight excluding hydrogens is 317 g/mol. The number of rotatable bonds is 3. The number of aromatic nitrogens is 2. The summed E-state index contributed by atoms with van der Waals surface area (Å²) >= 11 is 0. The molecule has 1 fully saturated rings. The molecule has 5 nitrogen and oxygen atoms in total. The van der Waals surface area contributed by atoms with Gasteiger partial charge in [0.05, 0.1) is 4.90 Å². The Labute approximate surface area is 135 Å². The van der Waals surface area contributed by atoms with E-state index in [0.29, 0.717) is 25.3 Å². The molecule has 3 rings (SSSR count). The topological polar surface area (TPSA) is 63.2 Å². The smallest absolute Gasteiger partial charge is 0.238 e. The molecule has 23 heavy (non-hydrogen) atoms. The molecule has 1 saturated heterocycles. The van der Waals surface area contributed by atoms with Crippen molar-refractivity contribution < 1.29 is 12.8 Å². The standard InChI is InChI=1S/C16H18FN3O2S/c1-11-9-12(2)19-16(18-11)13-7-8-20(10-13)23(21,22)15-5-3-14(17)4-6-15/h3-6,9,13H,7-8,10H2,1-2H3/t13-/m1/s1. The van der Waals surface area contributed by atoms with Crippen LogP contribution in [0, 0.1) is 19.7 Å². The minimum atomic E-state index is -3.61. The highest BCUT2D eigenvalue weighted by atomic mass is 32.2. The van der Waals surface area contributed by atoms with Gasteiger partial charge in [-0.05, 0) is 50.6 Å². The van der Waals surface area contributed by atoms with Crippen LogP contribution in [0.15, 0.2) is 35.2 Å². The van der Waals surface area contributed by atoms with Crippen molar-refractivity contribution in [3.63, 3.8) is 0 Å². The van der Waals surface area contributed by atoms with Crippen molar-refractivity contribution >= 4 is 10.0 Å². The molecule has 1 aliphatic rings. The lowest BCUT2D eigenvalue weighted by Crippen LogP contribution is -2.28. The maximum atomic E-state index is 13.0. The van der Waals surface area contributed by atoms with E-state index in [1.807, 2.05) is 19.9 Å². The number of benzene rings is 1. The molecule has 7 heteroatoms. The first-order valence-electron chi connectivity index (χ1n) is 7.44. The Morgan fingerprint density at radius 2 is 1.74 bits per heavy atom. The van der Waals surface area contributed by atoms with Crippen LogP contribution in [0.3, 0.4) is 0 Å². The van der Waals surface area contributed by atoms with Gasteiger partial charge in [0.15, 0.2) is 0 Å². The number of hydrogen-bond donors (Lipinski definition) is 0. The number of aryl methyl sites for hydroxylation is 2. The van der Waals surface area contributed by atoms with Crippen LogP contribution >= 0.6 is 0 Å². The van der Waals surface area contributed by atoms with Gasteiger partial charge in [-0.25, -0.2) is 22.8 Å². The molecule has 1 aromatic heterocycles. The van der Waals surface area contributed by atoms with Gasteiger partial charge < -0.3 is 0 Å². The fourth-order valence-corrected chi connectivity index (χ4v) is 4.35. The largest absolute Gasteiger partial charge is 0.243 e. The van der Waals surface area contributed by atoms with Gasteiger partial charge in [-0.2, -0.15) is 4.31 Å². The van der Waals surface area contributed by atoms with Gasteiger partial charge in [0.1, 0.15) is 11.6 Å². The van der Waals surface area contributed by atoms with E-state index in [-0.39, 0.29) is 10.8 Å². The summed E-state index contributed by atoms with van der Waals surface area (Å²) in [6.45, 7) is 4.57. The zero-order valence-corrected chi connectivity index (χ0v) is 13.8. The van der Waals surface area contributed by atoms with Crippen molar-refractivity contribution in [2.75, 3.05) is 13.1 Å². The number of halogens is 1. The molecule has 1 aliphatic heterocycles. The maximum Gasteiger partial charge on any atom is 0.243 e. The second-order valence-electron chi connectivity index (χ2n) is 5.81. The minimum absolute atomic E-state index is 0.0103. The van der Waals surface area contributed by atoms with E-state index in [1.165, 1.54) is 16.4 Å². The molecule has 2 heterocycles. The first-order chi connectivity index (χ1) is 10.9. The van der Waals surface area contributed by atoms with E-state index in [9.17, 15) is 12.8 Å². The Balaban J connectivity index is 1.82. The van der Waals surface area contributed by atoms with Crippen LogP contribution in [0.2, 0.25) is 0 Å².